The lowest BCUT2D eigenvalue weighted by Crippen LogP contribution is -2.16. The van der Waals surface area contributed by atoms with E-state index >= 15 is 0 Å². The van der Waals surface area contributed by atoms with Crippen molar-refractivity contribution in [3.05, 3.63) is 29.2 Å². The summed E-state index contributed by atoms with van der Waals surface area (Å²) in [7, 11) is 0. The Hall–Kier alpha value is -1.89. The number of rotatable bonds is 3. The lowest BCUT2D eigenvalue weighted by atomic mass is 10.1. The molecule has 0 aliphatic heterocycles. The quantitative estimate of drug-likeness (QED) is 0.560. The van der Waals surface area contributed by atoms with Gasteiger partial charge in [0.25, 0.3) is 0 Å². The summed E-state index contributed by atoms with van der Waals surface area (Å²) in [5.41, 5.74) is 7.86. The van der Waals surface area contributed by atoms with Gasteiger partial charge in [-0.1, -0.05) is 0 Å². The summed E-state index contributed by atoms with van der Waals surface area (Å²) in [5.74, 6) is -0.00504. The van der Waals surface area contributed by atoms with Crippen LogP contribution in [-0.2, 0) is 0 Å². The molecule has 88 valence electrons. The SMILES string of the molecule is Cc1nnc(Sc2ncc[nH]2)c(C(=N)N)c1C. The predicted octanol–water partition coefficient (Wildman–Crippen LogP) is 1.25. The zero-order valence-electron chi connectivity index (χ0n) is 9.48. The second-order valence-corrected chi connectivity index (χ2v) is 4.48. The van der Waals surface area contributed by atoms with E-state index in [0.29, 0.717) is 15.7 Å². The van der Waals surface area contributed by atoms with Crippen LogP contribution in [0.1, 0.15) is 16.8 Å². The standard InChI is InChI=1S/C10H12N6S/c1-5-6(2)15-16-9(7(5)8(11)12)17-10-13-3-4-14-10/h3-4H,1-2H3,(H3,11,12)(H,13,14). The molecule has 2 rings (SSSR count). The van der Waals surface area contributed by atoms with Crippen LogP contribution in [0.2, 0.25) is 0 Å². The fourth-order valence-electron chi connectivity index (χ4n) is 1.37. The Morgan fingerprint density at radius 2 is 2.18 bits per heavy atom. The minimum Gasteiger partial charge on any atom is -0.384 e. The van der Waals surface area contributed by atoms with Gasteiger partial charge in [-0.25, -0.2) is 4.98 Å². The van der Waals surface area contributed by atoms with E-state index in [9.17, 15) is 0 Å². The van der Waals surface area contributed by atoms with Gasteiger partial charge in [0.05, 0.1) is 11.3 Å². The second kappa shape index (κ2) is 4.54. The molecule has 0 fully saturated rings. The normalized spacial score (nSPS) is 10.5. The van der Waals surface area contributed by atoms with Crippen LogP contribution < -0.4 is 5.73 Å². The molecule has 0 unspecified atom stereocenters. The number of aryl methyl sites for hydroxylation is 1. The summed E-state index contributed by atoms with van der Waals surface area (Å²) in [6, 6.07) is 0. The van der Waals surface area contributed by atoms with Crippen molar-refractivity contribution in [1.29, 1.82) is 5.41 Å². The van der Waals surface area contributed by atoms with Crippen LogP contribution in [0.15, 0.2) is 22.6 Å². The summed E-state index contributed by atoms with van der Waals surface area (Å²) in [5, 5.41) is 17.0. The number of hydrogen-bond acceptors (Lipinski definition) is 5. The molecule has 0 atom stereocenters. The number of nitrogens with zero attached hydrogens (tertiary/aromatic N) is 3. The van der Waals surface area contributed by atoms with Crippen LogP contribution in [0.3, 0.4) is 0 Å². The van der Waals surface area contributed by atoms with Gasteiger partial charge < -0.3 is 10.7 Å². The van der Waals surface area contributed by atoms with Crippen molar-refractivity contribution in [3.63, 3.8) is 0 Å². The minimum atomic E-state index is -0.00504. The van der Waals surface area contributed by atoms with Gasteiger partial charge in [0.1, 0.15) is 10.9 Å². The molecule has 0 amide bonds. The van der Waals surface area contributed by atoms with E-state index in [-0.39, 0.29) is 5.84 Å². The van der Waals surface area contributed by atoms with E-state index in [1.165, 1.54) is 11.8 Å². The van der Waals surface area contributed by atoms with Crippen molar-refractivity contribution in [1.82, 2.24) is 20.2 Å². The van der Waals surface area contributed by atoms with E-state index in [1.54, 1.807) is 12.4 Å². The molecule has 0 bridgehead atoms. The molecule has 2 aromatic heterocycles. The Kier molecular flexibility index (Phi) is 3.10. The molecule has 2 aromatic rings. The summed E-state index contributed by atoms with van der Waals surface area (Å²) >= 11 is 1.31. The molecule has 0 saturated carbocycles. The van der Waals surface area contributed by atoms with Crippen molar-refractivity contribution in [3.8, 4) is 0 Å². The lowest BCUT2D eigenvalue weighted by Gasteiger charge is -2.09. The van der Waals surface area contributed by atoms with Gasteiger partial charge in [-0.2, -0.15) is 5.10 Å². The first-order valence-electron chi connectivity index (χ1n) is 4.95. The van der Waals surface area contributed by atoms with E-state index in [1.807, 2.05) is 13.8 Å². The van der Waals surface area contributed by atoms with Gasteiger partial charge in [-0.05, 0) is 31.2 Å². The molecular formula is C10H12N6S. The van der Waals surface area contributed by atoms with E-state index in [0.717, 1.165) is 11.3 Å². The average Bonchev–Trinajstić information content (AvgIpc) is 2.76. The lowest BCUT2D eigenvalue weighted by molar-refractivity contribution is 0.868. The second-order valence-electron chi connectivity index (χ2n) is 3.50. The van der Waals surface area contributed by atoms with Crippen molar-refractivity contribution < 1.29 is 0 Å². The van der Waals surface area contributed by atoms with Gasteiger partial charge in [0.2, 0.25) is 0 Å². The molecule has 0 radical (unpaired) electrons. The van der Waals surface area contributed by atoms with Crippen molar-refractivity contribution in [2.45, 2.75) is 24.0 Å². The van der Waals surface area contributed by atoms with Crippen LogP contribution in [0.25, 0.3) is 0 Å². The van der Waals surface area contributed by atoms with Crippen LogP contribution in [-0.4, -0.2) is 26.0 Å². The van der Waals surface area contributed by atoms with Crippen molar-refractivity contribution in [2.75, 3.05) is 0 Å². The van der Waals surface area contributed by atoms with E-state index in [4.69, 9.17) is 11.1 Å². The molecule has 2 heterocycles. The Morgan fingerprint density at radius 3 is 2.76 bits per heavy atom. The minimum absolute atomic E-state index is 0.00504. The number of nitrogens with one attached hydrogen (secondary N) is 2. The summed E-state index contributed by atoms with van der Waals surface area (Å²) < 4.78 is 0. The maximum absolute atomic E-state index is 7.61. The van der Waals surface area contributed by atoms with Crippen molar-refractivity contribution >= 4 is 17.6 Å². The number of nitrogens with two attached hydrogens (primary N) is 1. The smallest absolute Gasteiger partial charge is 0.171 e. The molecule has 0 aliphatic carbocycles. The van der Waals surface area contributed by atoms with Gasteiger partial charge in [-0.15, -0.1) is 5.10 Å². The van der Waals surface area contributed by atoms with Gasteiger partial charge in [-0.3, -0.25) is 5.41 Å². The third-order valence-corrected chi connectivity index (χ3v) is 3.25. The Labute approximate surface area is 103 Å². The fraction of sp³-hybridized carbons (Fsp3) is 0.200. The zero-order chi connectivity index (χ0) is 12.4. The first-order chi connectivity index (χ1) is 8.09. The first kappa shape index (κ1) is 11.6. The average molecular weight is 248 g/mol. The Bertz CT molecular complexity index is 548. The first-order valence-corrected chi connectivity index (χ1v) is 5.76. The van der Waals surface area contributed by atoms with Gasteiger partial charge in [0, 0.05) is 12.4 Å². The summed E-state index contributed by atoms with van der Waals surface area (Å²) in [6.45, 7) is 3.73. The number of aromatic nitrogens is 4. The maximum atomic E-state index is 7.61. The molecule has 0 aliphatic rings. The highest BCUT2D eigenvalue weighted by atomic mass is 32.2. The molecule has 4 N–H and O–H groups in total. The van der Waals surface area contributed by atoms with Gasteiger partial charge >= 0.3 is 0 Å². The highest BCUT2D eigenvalue weighted by molar-refractivity contribution is 7.99. The Balaban J connectivity index is 2.47. The maximum Gasteiger partial charge on any atom is 0.171 e. The molecule has 0 aromatic carbocycles. The number of hydrogen-bond donors (Lipinski definition) is 3. The summed E-state index contributed by atoms with van der Waals surface area (Å²) in [6.07, 6.45) is 3.38. The van der Waals surface area contributed by atoms with Gasteiger partial charge in [0.15, 0.2) is 5.16 Å². The predicted molar refractivity (Wildman–Crippen MR) is 65.2 cm³/mol. The molecule has 17 heavy (non-hydrogen) atoms. The monoisotopic (exact) mass is 248 g/mol. The number of amidine groups is 1. The molecule has 7 heteroatoms. The molecular weight excluding hydrogens is 236 g/mol. The molecule has 6 nitrogen and oxygen atoms in total. The van der Waals surface area contributed by atoms with Crippen molar-refractivity contribution in [2.24, 2.45) is 5.73 Å². The van der Waals surface area contributed by atoms with Crippen LogP contribution in [0.4, 0.5) is 0 Å². The van der Waals surface area contributed by atoms with E-state index in [2.05, 4.69) is 20.2 Å². The van der Waals surface area contributed by atoms with Crippen LogP contribution in [0, 0.1) is 19.3 Å². The third kappa shape index (κ3) is 2.28. The van der Waals surface area contributed by atoms with Crippen LogP contribution >= 0.6 is 11.8 Å². The summed E-state index contributed by atoms with van der Waals surface area (Å²) in [4.78, 5) is 7.05. The number of nitrogen functional groups attached to an aromatic ring is 1. The van der Waals surface area contributed by atoms with E-state index < -0.39 is 0 Å². The Morgan fingerprint density at radius 1 is 1.41 bits per heavy atom. The fourth-order valence-corrected chi connectivity index (χ4v) is 2.24. The topological polar surface area (TPSA) is 104 Å². The highest BCUT2D eigenvalue weighted by Crippen LogP contribution is 2.27. The van der Waals surface area contributed by atoms with Crippen LogP contribution in [0.5, 0.6) is 0 Å². The molecule has 0 spiro atoms. The zero-order valence-corrected chi connectivity index (χ0v) is 10.3. The third-order valence-electron chi connectivity index (χ3n) is 2.36. The number of aromatic amines is 1. The number of H-pyrrole nitrogens is 1. The molecule has 0 saturated heterocycles. The number of imidazole rings is 1. The highest BCUT2D eigenvalue weighted by Gasteiger charge is 2.15. The largest absolute Gasteiger partial charge is 0.384 e.